The van der Waals surface area contributed by atoms with Gasteiger partial charge in [0.15, 0.2) is 0 Å². The first-order chi connectivity index (χ1) is 15.3. The summed E-state index contributed by atoms with van der Waals surface area (Å²) in [6, 6.07) is 14.6. The molecule has 0 unspecified atom stereocenters. The summed E-state index contributed by atoms with van der Waals surface area (Å²) in [4.78, 5) is 26.6. The van der Waals surface area contributed by atoms with Crippen molar-refractivity contribution in [2.24, 2.45) is 5.92 Å². The Hall–Kier alpha value is -2.71. The van der Waals surface area contributed by atoms with Gasteiger partial charge in [0.25, 0.3) is 0 Å². The van der Waals surface area contributed by atoms with Crippen LogP contribution in [0, 0.1) is 5.92 Å². The maximum atomic E-state index is 13.3. The van der Waals surface area contributed by atoms with E-state index in [1.807, 2.05) is 37.3 Å². The van der Waals surface area contributed by atoms with Crippen LogP contribution in [0.15, 0.2) is 53.4 Å². The van der Waals surface area contributed by atoms with Gasteiger partial charge in [-0.25, -0.2) is 8.42 Å². The van der Waals surface area contributed by atoms with E-state index in [0.29, 0.717) is 32.4 Å². The molecule has 1 N–H and O–H groups in total. The van der Waals surface area contributed by atoms with Crippen molar-refractivity contribution in [3.05, 3.63) is 59.7 Å². The summed E-state index contributed by atoms with van der Waals surface area (Å²) in [5, 5.41) is 2.94. The molecule has 2 heterocycles. The van der Waals surface area contributed by atoms with E-state index in [1.165, 1.54) is 11.2 Å². The first kappa shape index (κ1) is 22.5. The van der Waals surface area contributed by atoms with Crippen LogP contribution in [0.2, 0.25) is 0 Å². The van der Waals surface area contributed by atoms with Crippen molar-refractivity contribution in [2.45, 2.75) is 50.6 Å². The Labute approximate surface area is 189 Å². The minimum absolute atomic E-state index is 0.00753. The summed E-state index contributed by atoms with van der Waals surface area (Å²) in [6.45, 7) is 4.48. The van der Waals surface area contributed by atoms with Crippen molar-refractivity contribution in [2.75, 3.05) is 18.0 Å². The second-order valence-electron chi connectivity index (χ2n) is 8.64. The minimum atomic E-state index is -3.72. The number of fused-ring (bicyclic) bond motifs is 1. The number of nitrogens with one attached hydrogen (secondary N) is 1. The number of carbonyl (C=O) groups excluding carboxylic acids is 2. The van der Waals surface area contributed by atoms with E-state index < -0.39 is 10.0 Å². The molecule has 0 saturated carbocycles. The van der Waals surface area contributed by atoms with Gasteiger partial charge in [-0.05, 0) is 55.5 Å². The average molecular weight is 456 g/mol. The van der Waals surface area contributed by atoms with Gasteiger partial charge < -0.3 is 10.2 Å². The average Bonchev–Trinajstić information content (AvgIpc) is 3.13. The third kappa shape index (κ3) is 4.42. The molecular formula is C24H29N3O4S. The lowest BCUT2D eigenvalue weighted by Gasteiger charge is -2.31. The first-order valence-corrected chi connectivity index (χ1v) is 12.5. The molecule has 0 aliphatic carbocycles. The highest BCUT2D eigenvalue weighted by Crippen LogP contribution is 2.35. The van der Waals surface area contributed by atoms with Gasteiger partial charge >= 0.3 is 0 Å². The van der Waals surface area contributed by atoms with Gasteiger partial charge in [-0.15, -0.1) is 0 Å². The van der Waals surface area contributed by atoms with Crippen molar-refractivity contribution < 1.29 is 18.0 Å². The number of benzene rings is 2. The number of sulfonamides is 1. The van der Waals surface area contributed by atoms with Crippen LogP contribution >= 0.6 is 0 Å². The van der Waals surface area contributed by atoms with Crippen molar-refractivity contribution in [3.8, 4) is 0 Å². The van der Waals surface area contributed by atoms with E-state index in [9.17, 15) is 18.0 Å². The Balaban J connectivity index is 1.46. The van der Waals surface area contributed by atoms with Crippen LogP contribution in [0.4, 0.5) is 5.69 Å². The van der Waals surface area contributed by atoms with Gasteiger partial charge in [-0.2, -0.15) is 4.31 Å². The van der Waals surface area contributed by atoms with E-state index in [1.54, 1.807) is 23.1 Å². The third-order valence-electron chi connectivity index (χ3n) is 6.31. The second kappa shape index (κ2) is 9.03. The molecule has 2 amide bonds. The summed E-state index contributed by atoms with van der Waals surface area (Å²) >= 11 is 0. The molecule has 2 aliphatic rings. The predicted octanol–water partition coefficient (Wildman–Crippen LogP) is 2.70. The second-order valence-corrected chi connectivity index (χ2v) is 10.6. The van der Waals surface area contributed by atoms with Gasteiger partial charge in [0.05, 0.1) is 10.8 Å². The van der Waals surface area contributed by atoms with E-state index >= 15 is 0 Å². The molecule has 0 radical (unpaired) electrons. The largest absolute Gasteiger partial charge is 0.352 e. The van der Waals surface area contributed by atoms with Crippen LogP contribution in [-0.2, 0) is 32.6 Å². The Morgan fingerprint density at radius 3 is 2.59 bits per heavy atom. The van der Waals surface area contributed by atoms with Crippen LogP contribution in [-0.4, -0.2) is 43.7 Å². The highest BCUT2D eigenvalue weighted by atomic mass is 32.2. The Morgan fingerprint density at radius 2 is 1.88 bits per heavy atom. The maximum Gasteiger partial charge on any atom is 0.243 e. The van der Waals surface area contributed by atoms with Crippen LogP contribution in [0.1, 0.15) is 37.8 Å². The molecule has 8 heteroatoms. The van der Waals surface area contributed by atoms with Crippen LogP contribution < -0.4 is 10.2 Å². The number of hydrogen-bond acceptors (Lipinski definition) is 4. The van der Waals surface area contributed by atoms with Gasteiger partial charge in [0.1, 0.15) is 0 Å². The maximum absolute atomic E-state index is 13.3. The van der Waals surface area contributed by atoms with Crippen LogP contribution in [0.25, 0.3) is 0 Å². The number of carbonyl (C=O) groups is 2. The summed E-state index contributed by atoms with van der Waals surface area (Å²) < 4.78 is 28.1. The standard InChI is InChI=1S/C24H29N3O4S/c1-17-13-21-14-22(10-11-23(21)27(17)18(2)28)32(30,31)26-12-6-9-20(16-26)24(29)25-15-19-7-4-3-5-8-19/h3-5,7-8,10-11,14,17,20H,6,9,12-13,15-16H2,1-2H3,(H,25,29)/t17-,20-/m1/s1. The topological polar surface area (TPSA) is 86.8 Å². The fourth-order valence-electron chi connectivity index (χ4n) is 4.70. The van der Waals surface area contributed by atoms with Crippen molar-refractivity contribution in [1.82, 2.24) is 9.62 Å². The number of hydrogen-bond donors (Lipinski definition) is 1. The fourth-order valence-corrected chi connectivity index (χ4v) is 6.28. The summed E-state index contributed by atoms with van der Waals surface area (Å²) in [5.74, 6) is -0.536. The lowest BCUT2D eigenvalue weighted by Crippen LogP contribution is -2.45. The zero-order valence-corrected chi connectivity index (χ0v) is 19.3. The van der Waals surface area contributed by atoms with Gasteiger partial charge in [0, 0.05) is 38.3 Å². The SMILES string of the molecule is CC(=O)N1c2ccc(S(=O)(=O)N3CCC[C@@H](C(=O)NCc4ccccc4)C3)cc2C[C@H]1C. The van der Waals surface area contributed by atoms with Crippen molar-refractivity contribution >= 4 is 27.5 Å². The molecule has 7 nitrogen and oxygen atoms in total. The van der Waals surface area contributed by atoms with E-state index in [-0.39, 0.29) is 35.2 Å². The monoisotopic (exact) mass is 455 g/mol. The molecule has 2 aromatic carbocycles. The quantitative estimate of drug-likeness (QED) is 0.751. The zero-order valence-electron chi connectivity index (χ0n) is 18.5. The van der Waals surface area contributed by atoms with Gasteiger partial charge in [0.2, 0.25) is 21.8 Å². The summed E-state index contributed by atoms with van der Waals surface area (Å²) in [7, 11) is -3.72. The van der Waals surface area contributed by atoms with Crippen molar-refractivity contribution in [3.63, 3.8) is 0 Å². The van der Waals surface area contributed by atoms with Crippen molar-refractivity contribution in [1.29, 1.82) is 0 Å². The first-order valence-electron chi connectivity index (χ1n) is 11.0. The number of nitrogens with zero attached hydrogens (tertiary/aromatic N) is 2. The molecule has 0 aromatic heterocycles. The Kier molecular flexibility index (Phi) is 6.35. The summed E-state index contributed by atoms with van der Waals surface area (Å²) in [5.41, 5.74) is 2.65. The van der Waals surface area contributed by atoms with Crippen LogP contribution in [0.3, 0.4) is 0 Å². The molecule has 0 spiro atoms. The van der Waals surface area contributed by atoms with E-state index in [0.717, 1.165) is 16.8 Å². The predicted molar refractivity (Wildman–Crippen MR) is 123 cm³/mol. The highest BCUT2D eigenvalue weighted by Gasteiger charge is 2.35. The molecular weight excluding hydrogens is 426 g/mol. The molecule has 2 aromatic rings. The number of anilines is 1. The number of amides is 2. The van der Waals surface area contributed by atoms with E-state index in [2.05, 4.69) is 5.32 Å². The molecule has 1 fully saturated rings. The molecule has 2 aliphatic heterocycles. The Morgan fingerprint density at radius 1 is 1.12 bits per heavy atom. The highest BCUT2D eigenvalue weighted by molar-refractivity contribution is 7.89. The lowest BCUT2D eigenvalue weighted by atomic mass is 9.99. The fraction of sp³-hybridized carbons (Fsp3) is 0.417. The van der Waals surface area contributed by atoms with Gasteiger partial charge in [-0.1, -0.05) is 30.3 Å². The smallest absolute Gasteiger partial charge is 0.243 e. The lowest BCUT2D eigenvalue weighted by molar-refractivity contribution is -0.126. The van der Waals surface area contributed by atoms with E-state index in [4.69, 9.17) is 0 Å². The van der Waals surface area contributed by atoms with Gasteiger partial charge in [-0.3, -0.25) is 9.59 Å². The third-order valence-corrected chi connectivity index (χ3v) is 8.17. The number of piperidine rings is 1. The molecule has 1 saturated heterocycles. The molecule has 4 rings (SSSR count). The zero-order chi connectivity index (χ0) is 22.9. The molecule has 0 bridgehead atoms. The summed E-state index contributed by atoms with van der Waals surface area (Å²) in [6.07, 6.45) is 1.94. The molecule has 2 atom stereocenters. The minimum Gasteiger partial charge on any atom is -0.352 e. The van der Waals surface area contributed by atoms with Crippen LogP contribution in [0.5, 0.6) is 0 Å². The molecule has 32 heavy (non-hydrogen) atoms. The molecule has 170 valence electrons. The Bertz CT molecular complexity index is 1120. The normalized spacial score (nSPS) is 21.2. The number of rotatable bonds is 5.